The van der Waals surface area contributed by atoms with Crippen LogP contribution in [0.25, 0.3) is 0 Å². The van der Waals surface area contributed by atoms with E-state index in [1.165, 1.54) is 11.5 Å². The first-order valence-electron chi connectivity index (χ1n) is 9.64. The molecule has 158 valence electrons. The van der Waals surface area contributed by atoms with E-state index in [1.807, 2.05) is 35.2 Å². The van der Waals surface area contributed by atoms with Gasteiger partial charge in [-0.3, -0.25) is 23.7 Å². The molecule has 0 radical (unpaired) electrons. The van der Waals surface area contributed by atoms with Crippen LogP contribution in [-0.4, -0.2) is 32.7 Å². The number of hydrogen-bond donors (Lipinski definition) is 2. The summed E-state index contributed by atoms with van der Waals surface area (Å²) < 4.78 is 2.20. The summed E-state index contributed by atoms with van der Waals surface area (Å²) >= 11 is 0. The highest BCUT2D eigenvalue weighted by molar-refractivity contribution is 5.93. The minimum absolute atomic E-state index is 0.235. The van der Waals surface area contributed by atoms with Crippen LogP contribution in [0.5, 0.6) is 0 Å². The molecule has 1 aliphatic rings. The maximum Gasteiger partial charge on any atom is 0.333 e. The predicted molar refractivity (Wildman–Crippen MR) is 116 cm³/mol. The number of aromatic nitrogens is 3. The van der Waals surface area contributed by atoms with Gasteiger partial charge in [0.05, 0.1) is 0 Å². The molecule has 2 amide bonds. The fourth-order valence-corrected chi connectivity index (χ4v) is 3.40. The standard InChI is InChI=1S/C21H20N6O4/c1-14(28)22-15-6-5-7-16(12-15)23-18(29)13-27-20(31)19(30)26-11-10-25(21(26)24-27)17-8-3-2-4-9-17/h2-9,12H,10-11,13H2,1H3,(H,22,28)(H,23,29). The second-order valence-electron chi connectivity index (χ2n) is 7.02. The number of rotatable bonds is 5. The third-order valence-corrected chi connectivity index (χ3v) is 4.73. The smallest absolute Gasteiger partial charge is 0.326 e. The molecular weight excluding hydrogens is 400 g/mol. The Morgan fingerprint density at radius 3 is 2.35 bits per heavy atom. The summed E-state index contributed by atoms with van der Waals surface area (Å²) in [5.74, 6) is -0.444. The first-order chi connectivity index (χ1) is 14.9. The van der Waals surface area contributed by atoms with Gasteiger partial charge in [0.15, 0.2) is 0 Å². The van der Waals surface area contributed by atoms with Gasteiger partial charge in [-0.2, -0.15) is 0 Å². The molecule has 3 aromatic rings. The van der Waals surface area contributed by atoms with Gasteiger partial charge < -0.3 is 15.5 Å². The Morgan fingerprint density at radius 2 is 1.65 bits per heavy atom. The van der Waals surface area contributed by atoms with E-state index in [9.17, 15) is 19.2 Å². The maximum absolute atomic E-state index is 12.5. The number of para-hydroxylation sites is 1. The second-order valence-corrected chi connectivity index (χ2v) is 7.02. The van der Waals surface area contributed by atoms with E-state index in [2.05, 4.69) is 15.7 Å². The van der Waals surface area contributed by atoms with Gasteiger partial charge in [-0.25, -0.2) is 4.68 Å². The highest BCUT2D eigenvalue weighted by atomic mass is 16.2. The summed E-state index contributed by atoms with van der Waals surface area (Å²) in [6.45, 7) is 1.80. The molecule has 0 unspecified atom stereocenters. The van der Waals surface area contributed by atoms with Crippen molar-refractivity contribution in [2.75, 3.05) is 22.1 Å². The Bertz CT molecular complexity index is 1260. The molecule has 0 saturated carbocycles. The lowest BCUT2D eigenvalue weighted by molar-refractivity contribution is -0.117. The summed E-state index contributed by atoms with van der Waals surface area (Å²) in [5, 5.41) is 9.56. The Kier molecular flexibility index (Phi) is 5.35. The lowest BCUT2D eigenvalue weighted by Crippen LogP contribution is -2.44. The van der Waals surface area contributed by atoms with E-state index in [0.717, 1.165) is 10.4 Å². The number of amides is 2. The van der Waals surface area contributed by atoms with Gasteiger partial charge >= 0.3 is 11.1 Å². The number of nitrogens with one attached hydrogen (secondary N) is 2. The van der Waals surface area contributed by atoms with Crippen molar-refractivity contribution in [1.82, 2.24) is 14.3 Å². The van der Waals surface area contributed by atoms with Crippen molar-refractivity contribution in [1.29, 1.82) is 0 Å². The van der Waals surface area contributed by atoms with Gasteiger partial charge in [-0.1, -0.05) is 24.3 Å². The second kappa shape index (κ2) is 8.27. The first kappa shape index (κ1) is 20.1. The van der Waals surface area contributed by atoms with Crippen LogP contribution < -0.4 is 26.7 Å². The number of carbonyl (C=O) groups is 2. The van der Waals surface area contributed by atoms with Crippen LogP contribution in [0, 0.1) is 0 Å². The molecule has 0 bridgehead atoms. The monoisotopic (exact) mass is 420 g/mol. The molecule has 0 spiro atoms. The topological polar surface area (TPSA) is 118 Å². The molecule has 1 aromatic heterocycles. The number of benzene rings is 2. The number of nitrogens with zero attached hydrogens (tertiary/aromatic N) is 4. The van der Waals surface area contributed by atoms with Crippen LogP contribution >= 0.6 is 0 Å². The molecule has 4 rings (SSSR count). The van der Waals surface area contributed by atoms with Gasteiger partial charge in [0.25, 0.3) is 0 Å². The van der Waals surface area contributed by atoms with Gasteiger partial charge in [-0.05, 0) is 30.3 Å². The normalized spacial score (nSPS) is 12.4. The highest BCUT2D eigenvalue weighted by Gasteiger charge is 2.26. The molecule has 10 nitrogen and oxygen atoms in total. The largest absolute Gasteiger partial charge is 0.333 e. The molecule has 10 heteroatoms. The Labute approximate surface area is 176 Å². The van der Waals surface area contributed by atoms with E-state index in [4.69, 9.17) is 0 Å². The van der Waals surface area contributed by atoms with Crippen molar-refractivity contribution in [3.05, 3.63) is 75.3 Å². The fraction of sp³-hybridized carbons (Fsp3) is 0.190. The summed E-state index contributed by atoms with van der Waals surface area (Å²) in [5.41, 5.74) is 0.220. The van der Waals surface area contributed by atoms with Crippen molar-refractivity contribution in [3.8, 4) is 0 Å². The minimum atomic E-state index is -0.860. The van der Waals surface area contributed by atoms with Crippen molar-refractivity contribution < 1.29 is 9.59 Å². The average Bonchev–Trinajstić information content (AvgIpc) is 3.16. The van der Waals surface area contributed by atoms with E-state index < -0.39 is 23.6 Å². The Hall–Kier alpha value is -4.21. The number of hydrogen-bond acceptors (Lipinski definition) is 6. The van der Waals surface area contributed by atoms with E-state index in [-0.39, 0.29) is 5.91 Å². The molecule has 2 heterocycles. The van der Waals surface area contributed by atoms with Crippen molar-refractivity contribution in [3.63, 3.8) is 0 Å². The van der Waals surface area contributed by atoms with Crippen LogP contribution in [0.1, 0.15) is 6.92 Å². The van der Waals surface area contributed by atoms with Gasteiger partial charge in [-0.15, -0.1) is 5.10 Å². The van der Waals surface area contributed by atoms with Crippen molar-refractivity contribution in [2.24, 2.45) is 0 Å². The Balaban J connectivity index is 1.58. The van der Waals surface area contributed by atoms with E-state index in [0.29, 0.717) is 30.4 Å². The fourth-order valence-electron chi connectivity index (χ4n) is 3.40. The lowest BCUT2D eigenvalue weighted by Gasteiger charge is -2.17. The van der Waals surface area contributed by atoms with Gasteiger partial charge in [0, 0.05) is 37.1 Å². The molecule has 0 atom stereocenters. The molecule has 0 fully saturated rings. The van der Waals surface area contributed by atoms with Crippen molar-refractivity contribution >= 4 is 34.8 Å². The average molecular weight is 420 g/mol. The maximum atomic E-state index is 12.5. The Morgan fingerprint density at radius 1 is 0.935 bits per heavy atom. The minimum Gasteiger partial charge on any atom is -0.326 e. The molecule has 0 aliphatic carbocycles. The van der Waals surface area contributed by atoms with Gasteiger partial charge in [0.1, 0.15) is 6.54 Å². The first-order valence-corrected chi connectivity index (χ1v) is 9.64. The van der Waals surface area contributed by atoms with Crippen LogP contribution in [0.15, 0.2) is 64.2 Å². The molecular formula is C21H20N6O4. The van der Waals surface area contributed by atoms with Crippen LogP contribution in [-0.2, 0) is 22.7 Å². The molecule has 1 aliphatic heterocycles. The van der Waals surface area contributed by atoms with E-state index >= 15 is 0 Å². The van der Waals surface area contributed by atoms with Crippen molar-refractivity contribution in [2.45, 2.75) is 20.0 Å². The lowest BCUT2D eigenvalue weighted by atomic mass is 10.2. The molecule has 0 saturated heterocycles. The molecule has 2 N–H and O–H groups in total. The van der Waals surface area contributed by atoms with E-state index in [1.54, 1.807) is 24.3 Å². The zero-order valence-electron chi connectivity index (χ0n) is 16.7. The SMILES string of the molecule is CC(=O)Nc1cccc(NC(=O)Cn2nc3n(c(=O)c2=O)CCN3c2ccccc2)c1. The predicted octanol–water partition coefficient (Wildman–Crippen LogP) is 1.15. The van der Waals surface area contributed by atoms with Crippen LogP contribution in [0.4, 0.5) is 23.0 Å². The van der Waals surface area contributed by atoms with Crippen LogP contribution in [0.3, 0.4) is 0 Å². The number of carbonyl (C=O) groups excluding carboxylic acids is 2. The quantitative estimate of drug-likeness (QED) is 0.598. The zero-order valence-corrected chi connectivity index (χ0v) is 16.7. The highest BCUT2D eigenvalue weighted by Crippen LogP contribution is 2.25. The third-order valence-electron chi connectivity index (χ3n) is 4.73. The summed E-state index contributed by atoms with van der Waals surface area (Å²) in [6, 6.07) is 16.0. The number of fused-ring (bicyclic) bond motifs is 1. The molecule has 2 aromatic carbocycles. The molecule has 31 heavy (non-hydrogen) atoms. The summed E-state index contributed by atoms with van der Waals surface area (Å²) in [4.78, 5) is 50.5. The zero-order chi connectivity index (χ0) is 22.0. The van der Waals surface area contributed by atoms with Crippen LogP contribution in [0.2, 0.25) is 0 Å². The third kappa shape index (κ3) is 4.22. The van der Waals surface area contributed by atoms with Gasteiger partial charge in [0.2, 0.25) is 17.8 Å². The summed E-state index contributed by atoms with van der Waals surface area (Å²) in [7, 11) is 0. The number of anilines is 4. The summed E-state index contributed by atoms with van der Waals surface area (Å²) in [6.07, 6.45) is 0.